The molecule has 0 spiro atoms. The Hall–Kier alpha value is -2.15. The molecule has 0 atom stereocenters. The molecule has 0 radical (unpaired) electrons. The zero-order chi connectivity index (χ0) is 15.6. The van der Waals surface area contributed by atoms with Gasteiger partial charge in [-0.3, -0.25) is 0 Å². The summed E-state index contributed by atoms with van der Waals surface area (Å²) >= 11 is 3.13. The Morgan fingerprint density at radius 3 is 2.29 bits per heavy atom. The first kappa shape index (κ1) is 15.2. The van der Waals surface area contributed by atoms with Gasteiger partial charge in [-0.15, -0.1) is 0 Å². The monoisotopic (exact) mass is 358 g/mol. The molecule has 21 heavy (non-hydrogen) atoms. The molecule has 0 fully saturated rings. The van der Waals surface area contributed by atoms with Gasteiger partial charge >= 0.3 is 5.97 Å². The summed E-state index contributed by atoms with van der Waals surface area (Å²) in [6, 6.07) is 6.52. The Bertz CT molecular complexity index is 704. The van der Waals surface area contributed by atoms with Gasteiger partial charge in [-0.05, 0) is 30.3 Å². The van der Waals surface area contributed by atoms with E-state index in [9.17, 15) is 13.6 Å². The van der Waals surface area contributed by atoms with Crippen molar-refractivity contribution >= 4 is 21.9 Å². The molecule has 110 valence electrons. The van der Waals surface area contributed by atoms with Gasteiger partial charge in [-0.1, -0.05) is 15.9 Å². The van der Waals surface area contributed by atoms with Crippen LogP contribution in [-0.2, 0) is 0 Å². The average Bonchev–Trinajstić information content (AvgIpc) is 2.45. The lowest BCUT2D eigenvalue weighted by Gasteiger charge is -2.11. The molecule has 4 nitrogen and oxygen atoms in total. The molecule has 0 heterocycles. The zero-order valence-electron chi connectivity index (χ0n) is 10.7. The second kappa shape index (κ2) is 6.09. The molecular weight excluding hydrogens is 350 g/mol. The van der Waals surface area contributed by atoms with Crippen LogP contribution in [0.25, 0.3) is 0 Å². The van der Waals surface area contributed by atoms with Crippen molar-refractivity contribution in [2.24, 2.45) is 0 Å². The molecule has 7 heteroatoms. The third kappa shape index (κ3) is 3.13. The highest BCUT2D eigenvalue weighted by Crippen LogP contribution is 2.33. The Morgan fingerprint density at radius 2 is 1.67 bits per heavy atom. The van der Waals surface area contributed by atoms with E-state index >= 15 is 0 Å². The van der Waals surface area contributed by atoms with E-state index in [1.807, 2.05) is 0 Å². The Labute approximate surface area is 127 Å². The number of hydrogen-bond donors (Lipinski definition) is 1. The van der Waals surface area contributed by atoms with Crippen molar-refractivity contribution in [2.75, 3.05) is 7.11 Å². The second-order valence-electron chi connectivity index (χ2n) is 3.94. The SMILES string of the molecule is COc1ccc(Oc2ccc(Br)cc2C(=O)O)c(F)c1F. The van der Waals surface area contributed by atoms with Crippen LogP contribution in [0.3, 0.4) is 0 Å². The number of rotatable bonds is 4. The second-order valence-corrected chi connectivity index (χ2v) is 4.86. The Balaban J connectivity index is 2.44. The van der Waals surface area contributed by atoms with E-state index in [2.05, 4.69) is 20.7 Å². The first-order valence-electron chi connectivity index (χ1n) is 5.66. The van der Waals surface area contributed by atoms with E-state index in [0.717, 1.165) is 6.07 Å². The summed E-state index contributed by atoms with van der Waals surface area (Å²) in [5, 5.41) is 9.09. The number of carboxylic acid groups (broad SMARTS) is 1. The van der Waals surface area contributed by atoms with E-state index < -0.39 is 23.4 Å². The maximum absolute atomic E-state index is 13.8. The number of methoxy groups -OCH3 is 1. The molecule has 0 saturated carbocycles. The van der Waals surface area contributed by atoms with E-state index in [0.29, 0.717) is 4.47 Å². The fourth-order valence-corrected chi connectivity index (χ4v) is 1.99. The van der Waals surface area contributed by atoms with Crippen LogP contribution >= 0.6 is 15.9 Å². The molecule has 2 aromatic rings. The molecule has 0 saturated heterocycles. The third-order valence-corrected chi connectivity index (χ3v) is 3.12. The van der Waals surface area contributed by atoms with Crippen molar-refractivity contribution in [3.05, 3.63) is 52.0 Å². The number of carboxylic acids is 1. The van der Waals surface area contributed by atoms with E-state index in [-0.39, 0.29) is 17.1 Å². The average molecular weight is 359 g/mol. The molecule has 2 rings (SSSR count). The molecule has 0 aromatic heterocycles. The molecule has 2 aromatic carbocycles. The van der Waals surface area contributed by atoms with Crippen molar-refractivity contribution in [3.63, 3.8) is 0 Å². The third-order valence-electron chi connectivity index (χ3n) is 2.62. The van der Waals surface area contributed by atoms with Gasteiger partial charge < -0.3 is 14.6 Å². The highest BCUT2D eigenvalue weighted by molar-refractivity contribution is 9.10. The summed E-state index contributed by atoms with van der Waals surface area (Å²) in [6.45, 7) is 0. The van der Waals surface area contributed by atoms with E-state index in [4.69, 9.17) is 9.84 Å². The minimum atomic E-state index is -1.26. The summed E-state index contributed by atoms with van der Waals surface area (Å²) < 4.78 is 37.7. The number of hydrogen-bond acceptors (Lipinski definition) is 3. The summed E-state index contributed by atoms with van der Waals surface area (Å²) in [4.78, 5) is 11.1. The predicted molar refractivity (Wildman–Crippen MR) is 74.1 cm³/mol. The van der Waals surface area contributed by atoms with Crippen molar-refractivity contribution < 1.29 is 28.2 Å². The fourth-order valence-electron chi connectivity index (χ4n) is 1.63. The molecule has 0 amide bonds. The number of carbonyl (C=O) groups is 1. The van der Waals surface area contributed by atoms with Crippen LogP contribution in [0.2, 0.25) is 0 Å². The molecule has 0 unspecified atom stereocenters. The summed E-state index contributed by atoms with van der Waals surface area (Å²) in [5.74, 6) is -4.51. The van der Waals surface area contributed by atoms with Crippen LogP contribution in [0.15, 0.2) is 34.8 Å². The summed E-state index contributed by atoms with van der Waals surface area (Å²) in [7, 11) is 1.20. The summed E-state index contributed by atoms with van der Waals surface area (Å²) in [6.07, 6.45) is 0. The molecule has 0 bridgehead atoms. The maximum Gasteiger partial charge on any atom is 0.339 e. The Morgan fingerprint density at radius 1 is 1.10 bits per heavy atom. The standard InChI is InChI=1S/C14H9BrF2O4/c1-20-10-4-5-11(13(17)12(10)16)21-9-3-2-7(15)6-8(9)14(18)19/h2-6H,1H3,(H,18,19). The fraction of sp³-hybridized carbons (Fsp3) is 0.0714. The quantitative estimate of drug-likeness (QED) is 0.888. The highest BCUT2D eigenvalue weighted by atomic mass is 79.9. The van der Waals surface area contributed by atoms with Crippen LogP contribution in [0.5, 0.6) is 17.2 Å². The minimum absolute atomic E-state index is 0.103. The Kier molecular flexibility index (Phi) is 4.42. The highest BCUT2D eigenvalue weighted by Gasteiger charge is 2.18. The predicted octanol–water partition coefficient (Wildman–Crippen LogP) is 4.23. The lowest BCUT2D eigenvalue weighted by atomic mass is 10.2. The van der Waals surface area contributed by atoms with Crippen LogP contribution in [0.1, 0.15) is 10.4 Å². The molecular formula is C14H9BrF2O4. The first-order chi connectivity index (χ1) is 9.93. The molecule has 0 aliphatic carbocycles. The van der Waals surface area contributed by atoms with Gasteiger partial charge in [0.2, 0.25) is 11.6 Å². The van der Waals surface area contributed by atoms with Gasteiger partial charge in [0.05, 0.1) is 7.11 Å². The number of aromatic carboxylic acids is 1. The summed E-state index contributed by atoms with van der Waals surface area (Å²) in [5.41, 5.74) is -0.181. The molecule has 0 aliphatic heterocycles. The van der Waals surface area contributed by atoms with E-state index in [1.165, 1.54) is 31.4 Å². The van der Waals surface area contributed by atoms with Crippen molar-refractivity contribution in [1.82, 2.24) is 0 Å². The number of halogens is 3. The van der Waals surface area contributed by atoms with Gasteiger partial charge in [0.1, 0.15) is 11.3 Å². The minimum Gasteiger partial charge on any atom is -0.494 e. The lowest BCUT2D eigenvalue weighted by molar-refractivity contribution is 0.0694. The van der Waals surface area contributed by atoms with Gasteiger partial charge in [-0.2, -0.15) is 8.78 Å². The van der Waals surface area contributed by atoms with Crippen molar-refractivity contribution in [1.29, 1.82) is 0 Å². The van der Waals surface area contributed by atoms with Gasteiger partial charge in [-0.25, -0.2) is 4.79 Å². The van der Waals surface area contributed by atoms with Crippen molar-refractivity contribution in [2.45, 2.75) is 0 Å². The van der Waals surface area contributed by atoms with Gasteiger partial charge in [0.25, 0.3) is 0 Å². The molecule has 1 N–H and O–H groups in total. The van der Waals surface area contributed by atoms with Gasteiger partial charge in [0.15, 0.2) is 11.5 Å². The smallest absolute Gasteiger partial charge is 0.339 e. The number of benzene rings is 2. The largest absolute Gasteiger partial charge is 0.494 e. The normalized spacial score (nSPS) is 10.3. The lowest BCUT2D eigenvalue weighted by Crippen LogP contribution is -2.02. The van der Waals surface area contributed by atoms with Crippen molar-refractivity contribution in [3.8, 4) is 17.2 Å². The van der Waals surface area contributed by atoms with Crippen LogP contribution in [0.4, 0.5) is 8.78 Å². The van der Waals surface area contributed by atoms with Crippen LogP contribution < -0.4 is 9.47 Å². The zero-order valence-corrected chi connectivity index (χ0v) is 12.3. The number of ether oxygens (including phenoxy) is 2. The van der Waals surface area contributed by atoms with E-state index in [1.54, 1.807) is 0 Å². The molecule has 0 aliphatic rings. The van der Waals surface area contributed by atoms with Crippen LogP contribution in [0, 0.1) is 11.6 Å². The van der Waals surface area contributed by atoms with Gasteiger partial charge in [0, 0.05) is 4.47 Å². The first-order valence-corrected chi connectivity index (χ1v) is 6.46. The van der Waals surface area contributed by atoms with Crippen LogP contribution in [-0.4, -0.2) is 18.2 Å². The maximum atomic E-state index is 13.8. The topological polar surface area (TPSA) is 55.8 Å².